The lowest BCUT2D eigenvalue weighted by molar-refractivity contribution is -0.120. The Labute approximate surface area is 145 Å². The van der Waals surface area contributed by atoms with Crippen LogP contribution >= 0.6 is 0 Å². The van der Waals surface area contributed by atoms with Crippen molar-refractivity contribution in [3.8, 4) is 0 Å². The zero-order chi connectivity index (χ0) is 17.9. The second-order valence-electron chi connectivity index (χ2n) is 9.28. The minimum absolute atomic E-state index is 0.166. The first-order valence-corrected chi connectivity index (χ1v) is 9.50. The molecule has 3 fully saturated rings. The summed E-state index contributed by atoms with van der Waals surface area (Å²) >= 11 is 0. The van der Waals surface area contributed by atoms with Crippen LogP contribution in [-0.4, -0.2) is 44.8 Å². The molecule has 4 heteroatoms. The van der Waals surface area contributed by atoms with E-state index in [1.807, 2.05) is 6.92 Å². The second-order valence-corrected chi connectivity index (χ2v) is 9.28. The first-order chi connectivity index (χ1) is 11.0. The van der Waals surface area contributed by atoms with Crippen LogP contribution in [0.3, 0.4) is 0 Å². The molecule has 0 radical (unpaired) electrons. The molecule has 0 amide bonds. The van der Waals surface area contributed by atoms with Crippen molar-refractivity contribution in [1.29, 1.82) is 0 Å². The number of hydrogen-bond acceptors (Lipinski definition) is 4. The van der Waals surface area contributed by atoms with Crippen molar-refractivity contribution < 1.29 is 20.1 Å². The number of hydrogen-bond donors (Lipinski definition) is 3. The lowest BCUT2D eigenvalue weighted by Crippen LogP contribution is -2.50. The topological polar surface area (TPSA) is 69.9 Å². The van der Waals surface area contributed by atoms with Gasteiger partial charge in [0.1, 0.15) is 0 Å². The smallest absolute Gasteiger partial charge is 0.0902 e. The molecule has 0 aromatic carbocycles. The van der Waals surface area contributed by atoms with Crippen LogP contribution in [0.5, 0.6) is 0 Å². The molecule has 8 atom stereocenters. The molecule has 0 spiro atoms. The summed E-state index contributed by atoms with van der Waals surface area (Å²) in [6, 6.07) is 0. The van der Waals surface area contributed by atoms with Gasteiger partial charge < -0.3 is 20.1 Å². The number of ether oxygens (including phenoxy) is 1. The van der Waals surface area contributed by atoms with Gasteiger partial charge in [-0.1, -0.05) is 26.0 Å². The monoisotopic (exact) mass is 338 g/mol. The Balaban J connectivity index is 2.02. The molecular formula is C20H34O4. The Morgan fingerprint density at radius 1 is 1.17 bits per heavy atom. The minimum atomic E-state index is -1.20. The quantitative estimate of drug-likeness (QED) is 0.643. The van der Waals surface area contributed by atoms with Gasteiger partial charge in [-0.3, -0.25) is 0 Å². The van der Waals surface area contributed by atoms with E-state index in [9.17, 15) is 15.3 Å². The molecule has 24 heavy (non-hydrogen) atoms. The SMILES string of the molecule is C=C1CC[C@H](C(C)C)[C@@H]2[C@H]1[C@H]1C[C@@](C)(O)[C@@H](O)CC[C@@](C)(O)[C@@H]2O1. The molecular weight excluding hydrogens is 304 g/mol. The summed E-state index contributed by atoms with van der Waals surface area (Å²) in [7, 11) is 0. The highest BCUT2D eigenvalue weighted by atomic mass is 16.5. The van der Waals surface area contributed by atoms with Gasteiger partial charge in [0, 0.05) is 12.3 Å². The molecule has 0 aromatic heterocycles. The van der Waals surface area contributed by atoms with E-state index in [-0.39, 0.29) is 24.0 Å². The van der Waals surface area contributed by atoms with E-state index < -0.39 is 17.3 Å². The van der Waals surface area contributed by atoms with Crippen LogP contribution in [0.1, 0.15) is 59.8 Å². The van der Waals surface area contributed by atoms with E-state index in [4.69, 9.17) is 4.74 Å². The maximum absolute atomic E-state index is 11.2. The van der Waals surface area contributed by atoms with Crippen molar-refractivity contribution >= 4 is 0 Å². The van der Waals surface area contributed by atoms with E-state index in [1.54, 1.807) is 6.92 Å². The van der Waals surface area contributed by atoms with Crippen molar-refractivity contribution in [1.82, 2.24) is 0 Å². The number of fused-ring (bicyclic) bond motifs is 5. The fraction of sp³-hybridized carbons (Fsp3) is 0.900. The summed E-state index contributed by atoms with van der Waals surface area (Å²) in [6.07, 6.45) is 2.03. The van der Waals surface area contributed by atoms with Crippen LogP contribution in [0.4, 0.5) is 0 Å². The predicted octanol–water partition coefficient (Wildman–Crippen LogP) is 2.66. The van der Waals surface area contributed by atoms with Crippen LogP contribution in [0, 0.1) is 23.7 Å². The van der Waals surface area contributed by atoms with Gasteiger partial charge in [0.15, 0.2) is 0 Å². The zero-order valence-electron chi connectivity index (χ0n) is 15.5. The summed E-state index contributed by atoms with van der Waals surface area (Å²) in [5.74, 6) is 1.44. The van der Waals surface area contributed by atoms with Crippen molar-refractivity contribution in [3.05, 3.63) is 12.2 Å². The molecule has 3 aliphatic rings. The first-order valence-electron chi connectivity index (χ1n) is 9.50. The number of aliphatic hydroxyl groups is 3. The average Bonchev–Trinajstić information content (AvgIpc) is 2.85. The summed E-state index contributed by atoms with van der Waals surface area (Å²) in [4.78, 5) is 0. The highest BCUT2D eigenvalue weighted by molar-refractivity contribution is 5.18. The molecule has 0 aromatic rings. The minimum Gasteiger partial charge on any atom is -0.390 e. The van der Waals surface area contributed by atoms with Crippen molar-refractivity contribution in [2.24, 2.45) is 23.7 Å². The van der Waals surface area contributed by atoms with E-state index in [0.717, 1.165) is 12.8 Å². The highest BCUT2D eigenvalue weighted by Crippen LogP contribution is 2.55. The van der Waals surface area contributed by atoms with Crippen LogP contribution in [-0.2, 0) is 4.74 Å². The van der Waals surface area contributed by atoms with Crippen LogP contribution in [0.15, 0.2) is 12.2 Å². The van der Waals surface area contributed by atoms with Gasteiger partial charge >= 0.3 is 0 Å². The molecule has 2 heterocycles. The lowest BCUT2D eigenvalue weighted by atomic mass is 9.60. The van der Waals surface area contributed by atoms with Crippen molar-refractivity contribution in [3.63, 3.8) is 0 Å². The number of rotatable bonds is 1. The fourth-order valence-electron chi connectivity index (χ4n) is 5.48. The Bertz CT molecular complexity index is 496. The average molecular weight is 338 g/mol. The maximum Gasteiger partial charge on any atom is 0.0902 e. The Hall–Kier alpha value is -0.420. The molecule has 2 bridgehead atoms. The van der Waals surface area contributed by atoms with Crippen molar-refractivity contribution in [2.75, 3.05) is 0 Å². The molecule has 3 rings (SSSR count). The van der Waals surface area contributed by atoms with Gasteiger partial charge in [-0.2, -0.15) is 0 Å². The van der Waals surface area contributed by atoms with Gasteiger partial charge in [-0.15, -0.1) is 0 Å². The molecule has 4 nitrogen and oxygen atoms in total. The van der Waals surface area contributed by atoms with Crippen LogP contribution in [0.25, 0.3) is 0 Å². The number of aliphatic hydroxyl groups excluding tert-OH is 1. The van der Waals surface area contributed by atoms with Crippen LogP contribution < -0.4 is 0 Å². The van der Waals surface area contributed by atoms with E-state index in [2.05, 4.69) is 20.4 Å². The summed E-state index contributed by atoms with van der Waals surface area (Å²) in [5, 5.41) is 32.3. The normalized spacial score (nSPS) is 52.6. The third kappa shape index (κ3) is 2.96. The second kappa shape index (κ2) is 6.08. The van der Waals surface area contributed by atoms with Gasteiger partial charge in [0.05, 0.1) is 29.5 Å². The largest absolute Gasteiger partial charge is 0.390 e. The molecule has 0 unspecified atom stereocenters. The highest BCUT2D eigenvalue weighted by Gasteiger charge is 2.58. The van der Waals surface area contributed by atoms with E-state index in [1.165, 1.54) is 5.57 Å². The van der Waals surface area contributed by atoms with Crippen LogP contribution in [0.2, 0.25) is 0 Å². The van der Waals surface area contributed by atoms with Gasteiger partial charge in [-0.05, 0) is 57.3 Å². The third-order valence-electron chi connectivity index (χ3n) is 6.98. The molecule has 3 N–H and O–H groups in total. The van der Waals surface area contributed by atoms with Gasteiger partial charge in [0.2, 0.25) is 0 Å². The first kappa shape index (κ1) is 18.4. The molecule has 2 saturated heterocycles. The lowest BCUT2D eigenvalue weighted by Gasteiger charge is -2.44. The van der Waals surface area contributed by atoms with E-state index >= 15 is 0 Å². The van der Waals surface area contributed by atoms with Gasteiger partial charge in [-0.25, -0.2) is 0 Å². The summed E-state index contributed by atoms with van der Waals surface area (Å²) in [5.41, 5.74) is -1.01. The van der Waals surface area contributed by atoms with Crippen molar-refractivity contribution in [2.45, 2.75) is 89.3 Å². The van der Waals surface area contributed by atoms with E-state index in [0.29, 0.717) is 31.1 Å². The molecule has 1 aliphatic carbocycles. The molecule has 138 valence electrons. The predicted molar refractivity (Wildman–Crippen MR) is 93.4 cm³/mol. The Morgan fingerprint density at radius 3 is 2.46 bits per heavy atom. The maximum atomic E-state index is 11.2. The molecule has 1 saturated carbocycles. The Morgan fingerprint density at radius 2 is 1.83 bits per heavy atom. The van der Waals surface area contributed by atoms with Gasteiger partial charge in [0.25, 0.3) is 0 Å². The molecule has 2 aliphatic heterocycles. The zero-order valence-corrected chi connectivity index (χ0v) is 15.5. The third-order valence-corrected chi connectivity index (χ3v) is 6.98. The summed E-state index contributed by atoms with van der Waals surface area (Å²) < 4.78 is 6.40. The standard InChI is InChI=1S/C20H34O4/c1-11(2)13-7-6-12(3)16-14-10-20(5,23)15(21)8-9-19(4,22)18(24-14)17(13)16/h11,13-18,21-23H,3,6-10H2,1-2,4-5H3/t13-,14-,15+,16-,17-,18-,19-,20-/m1/s1. The summed E-state index contributed by atoms with van der Waals surface area (Å²) in [6.45, 7) is 12.3. The Kier molecular flexibility index (Phi) is 4.66. The fourth-order valence-corrected chi connectivity index (χ4v) is 5.48.